The van der Waals surface area contributed by atoms with Crippen molar-refractivity contribution in [2.75, 3.05) is 5.32 Å². The second-order valence-electron chi connectivity index (χ2n) is 7.71. The van der Waals surface area contributed by atoms with E-state index in [1.165, 1.54) is 5.56 Å². The van der Waals surface area contributed by atoms with Crippen LogP contribution in [0.4, 0.5) is 5.69 Å². The van der Waals surface area contributed by atoms with Gasteiger partial charge in [-0.3, -0.25) is 14.8 Å². The number of nitrogens with two attached hydrogens (primary N) is 1. The molecule has 1 amide bonds. The second-order valence-corrected chi connectivity index (χ2v) is 7.71. The quantitative estimate of drug-likeness (QED) is 0.643. The van der Waals surface area contributed by atoms with Crippen molar-refractivity contribution in [2.24, 2.45) is 11.7 Å². The lowest BCUT2D eigenvalue weighted by atomic mass is 9.92. The zero-order valence-corrected chi connectivity index (χ0v) is 17.5. The minimum absolute atomic E-state index is 0.261. The maximum absolute atomic E-state index is 12.8. The molecule has 0 fully saturated rings. The summed E-state index contributed by atoms with van der Waals surface area (Å²) in [5.41, 5.74) is 13.1. The van der Waals surface area contributed by atoms with Crippen LogP contribution in [0.1, 0.15) is 46.9 Å². The number of amides is 1. The summed E-state index contributed by atoms with van der Waals surface area (Å²) in [4.78, 5) is 21.8. The van der Waals surface area contributed by atoms with Crippen LogP contribution < -0.4 is 11.1 Å². The zero-order chi connectivity index (χ0) is 21.0. The number of hydrogen-bond donors (Lipinski definition) is 2. The summed E-state index contributed by atoms with van der Waals surface area (Å²) in [6.07, 6.45) is 2.44. The molecule has 0 atom stereocenters. The molecule has 0 saturated carbocycles. The molecule has 5 nitrogen and oxygen atoms in total. The largest absolute Gasteiger partial charge is 0.326 e. The Hall–Kier alpha value is -3.05. The molecule has 29 heavy (non-hydrogen) atoms. The van der Waals surface area contributed by atoms with Gasteiger partial charge in [0.1, 0.15) is 5.69 Å². The number of nitrogens with zero attached hydrogens (tertiary/aromatic N) is 2. The van der Waals surface area contributed by atoms with Crippen molar-refractivity contribution in [1.29, 1.82) is 0 Å². The van der Waals surface area contributed by atoms with E-state index in [2.05, 4.69) is 55.3 Å². The van der Waals surface area contributed by atoms with Crippen LogP contribution >= 0.6 is 0 Å². The molecular weight excluding hydrogens is 360 g/mol. The Morgan fingerprint density at radius 1 is 1.10 bits per heavy atom. The van der Waals surface area contributed by atoms with E-state index >= 15 is 0 Å². The number of aromatic nitrogens is 2. The highest BCUT2D eigenvalue weighted by Crippen LogP contribution is 2.36. The molecular formula is C24H28N4O. The van der Waals surface area contributed by atoms with Gasteiger partial charge < -0.3 is 11.1 Å². The van der Waals surface area contributed by atoms with Gasteiger partial charge in [-0.05, 0) is 49.4 Å². The Labute approximate surface area is 172 Å². The van der Waals surface area contributed by atoms with Crippen LogP contribution in [0.15, 0.2) is 48.7 Å². The van der Waals surface area contributed by atoms with E-state index in [1.54, 1.807) is 24.4 Å². The average Bonchev–Trinajstić information content (AvgIpc) is 2.70. The average molecular weight is 389 g/mol. The van der Waals surface area contributed by atoms with Crippen LogP contribution in [0.5, 0.6) is 0 Å². The number of carbonyl (C=O) groups is 1. The normalized spacial score (nSPS) is 11.0. The van der Waals surface area contributed by atoms with Gasteiger partial charge in [-0.1, -0.05) is 49.7 Å². The first-order valence-electron chi connectivity index (χ1n) is 9.92. The minimum Gasteiger partial charge on any atom is -0.326 e. The summed E-state index contributed by atoms with van der Waals surface area (Å²) < 4.78 is 0. The molecule has 0 unspecified atom stereocenters. The lowest BCUT2D eigenvalue weighted by Crippen LogP contribution is -2.18. The summed E-state index contributed by atoms with van der Waals surface area (Å²) in [5, 5.41) is 3.04. The van der Waals surface area contributed by atoms with Gasteiger partial charge in [-0.2, -0.15) is 0 Å². The Balaban J connectivity index is 2.18. The molecule has 0 aliphatic heterocycles. The van der Waals surface area contributed by atoms with E-state index in [4.69, 9.17) is 10.7 Å². The predicted octanol–water partition coefficient (Wildman–Crippen LogP) is 4.67. The highest BCUT2D eigenvalue weighted by Gasteiger charge is 2.21. The fourth-order valence-electron chi connectivity index (χ4n) is 3.44. The fraction of sp³-hybridized carbons (Fsp3) is 0.292. The maximum atomic E-state index is 12.8. The Kier molecular flexibility index (Phi) is 6.39. The number of nitrogens with one attached hydrogen (secondary N) is 1. The summed E-state index contributed by atoms with van der Waals surface area (Å²) >= 11 is 0. The van der Waals surface area contributed by atoms with Crippen molar-refractivity contribution in [3.8, 4) is 11.1 Å². The Bertz CT molecular complexity index is 996. The van der Waals surface area contributed by atoms with Gasteiger partial charge in [0.05, 0.1) is 11.4 Å². The van der Waals surface area contributed by atoms with E-state index in [-0.39, 0.29) is 5.91 Å². The topological polar surface area (TPSA) is 80.9 Å². The molecule has 3 aromatic rings. The molecule has 5 heteroatoms. The van der Waals surface area contributed by atoms with Crippen molar-refractivity contribution in [1.82, 2.24) is 9.97 Å². The lowest BCUT2D eigenvalue weighted by molar-refractivity contribution is 0.102. The molecule has 0 aliphatic rings. The number of pyridine rings is 2. The Morgan fingerprint density at radius 2 is 1.83 bits per heavy atom. The van der Waals surface area contributed by atoms with E-state index in [1.807, 2.05) is 6.92 Å². The summed E-state index contributed by atoms with van der Waals surface area (Å²) in [7, 11) is 0. The first-order valence-corrected chi connectivity index (χ1v) is 9.92. The molecule has 3 N–H and O–H groups in total. The highest BCUT2D eigenvalue weighted by atomic mass is 16.1. The van der Waals surface area contributed by atoms with Gasteiger partial charge >= 0.3 is 0 Å². The first-order chi connectivity index (χ1) is 13.9. The number of aryl methyl sites for hydroxylation is 2. The van der Waals surface area contributed by atoms with Crippen molar-refractivity contribution in [3.05, 3.63) is 76.9 Å². The third kappa shape index (κ3) is 4.69. The van der Waals surface area contributed by atoms with Crippen LogP contribution in [0.25, 0.3) is 11.1 Å². The monoisotopic (exact) mass is 388 g/mol. The van der Waals surface area contributed by atoms with Crippen LogP contribution in [0.3, 0.4) is 0 Å². The molecule has 2 aromatic heterocycles. The van der Waals surface area contributed by atoms with Gasteiger partial charge in [-0.25, -0.2) is 0 Å². The summed E-state index contributed by atoms with van der Waals surface area (Å²) in [6, 6.07) is 13.5. The molecule has 3 rings (SSSR count). The van der Waals surface area contributed by atoms with E-state index in [0.29, 0.717) is 23.8 Å². The van der Waals surface area contributed by atoms with Crippen molar-refractivity contribution in [3.63, 3.8) is 0 Å². The first kappa shape index (κ1) is 20.7. The standard InChI is InChI=1S/C24H28N4O/c1-15(2)13-21-19(14-25)22(18-10-8-16(3)9-11-18)23(17(4)27-21)28-24(29)20-7-5-6-12-26-20/h5-12,15H,13-14,25H2,1-4H3,(H,28,29). The fourth-order valence-corrected chi connectivity index (χ4v) is 3.44. The molecule has 0 bridgehead atoms. The van der Waals surface area contributed by atoms with E-state index in [9.17, 15) is 4.79 Å². The number of anilines is 1. The predicted molar refractivity (Wildman–Crippen MR) is 118 cm³/mol. The number of benzene rings is 1. The molecule has 2 heterocycles. The summed E-state index contributed by atoms with van der Waals surface area (Å²) in [6.45, 7) is 8.67. The summed E-state index contributed by atoms with van der Waals surface area (Å²) in [5.74, 6) is 0.190. The van der Waals surface area contributed by atoms with Crippen LogP contribution in [-0.2, 0) is 13.0 Å². The van der Waals surface area contributed by atoms with Crippen molar-refractivity contribution in [2.45, 2.75) is 40.7 Å². The SMILES string of the molecule is Cc1ccc(-c2c(CN)c(CC(C)C)nc(C)c2NC(=O)c2ccccn2)cc1. The number of rotatable bonds is 6. The van der Waals surface area contributed by atoms with Gasteiger partial charge in [0, 0.05) is 24.0 Å². The van der Waals surface area contributed by atoms with Crippen molar-refractivity contribution < 1.29 is 4.79 Å². The van der Waals surface area contributed by atoms with Crippen molar-refractivity contribution >= 4 is 11.6 Å². The number of hydrogen-bond acceptors (Lipinski definition) is 4. The molecule has 150 valence electrons. The minimum atomic E-state index is -0.261. The van der Waals surface area contributed by atoms with Gasteiger partial charge in [0.2, 0.25) is 0 Å². The smallest absolute Gasteiger partial charge is 0.274 e. The van der Waals surface area contributed by atoms with Crippen LogP contribution in [0, 0.1) is 19.8 Å². The Morgan fingerprint density at radius 3 is 2.41 bits per heavy atom. The second kappa shape index (κ2) is 8.97. The molecule has 0 spiro atoms. The number of carbonyl (C=O) groups excluding carboxylic acids is 1. The maximum Gasteiger partial charge on any atom is 0.274 e. The van der Waals surface area contributed by atoms with E-state index in [0.717, 1.165) is 34.5 Å². The van der Waals surface area contributed by atoms with Gasteiger partial charge in [0.25, 0.3) is 5.91 Å². The molecule has 0 radical (unpaired) electrons. The third-order valence-electron chi connectivity index (χ3n) is 4.85. The van der Waals surface area contributed by atoms with Crippen LogP contribution in [0.2, 0.25) is 0 Å². The van der Waals surface area contributed by atoms with Gasteiger partial charge in [-0.15, -0.1) is 0 Å². The zero-order valence-electron chi connectivity index (χ0n) is 17.5. The van der Waals surface area contributed by atoms with Crippen LogP contribution in [-0.4, -0.2) is 15.9 Å². The molecule has 0 aliphatic carbocycles. The molecule has 0 saturated heterocycles. The molecule has 1 aromatic carbocycles. The van der Waals surface area contributed by atoms with Gasteiger partial charge in [0.15, 0.2) is 0 Å². The van der Waals surface area contributed by atoms with E-state index < -0.39 is 0 Å². The lowest BCUT2D eigenvalue weighted by Gasteiger charge is -2.21. The third-order valence-corrected chi connectivity index (χ3v) is 4.85. The highest BCUT2D eigenvalue weighted by molar-refractivity contribution is 6.05.